The van der Waals surface area contributed by atoms with E-state index in [2.05, 4.69) is 30.1 Å². The third kappa shape index (κ3) is 2.41. The Morgan fingerprint density at radius 2 is 1.61 bits per heavy atom. The van der Waals surface area contributed by atoms with Crippen molar-refractivity contribution in [2.24, 2.45) is 0 Å². The van der Waals surface area contributed by atoms with E-state index in [1.54, 1.807) is 21.3 Å². The standard InChI is InChI=1S/C17H24N2O3Si/c1-20-13-9-11-7-8-12-10-18-19(23(4,5)6)15(12)14(11)17(22-3)16(13)21-2/h9-10H,7-8H2,1-6H3. The van der Waals surface area contributed by atoms with Crippen LogP contribution in [0.5, 0.6) is 17.2 Å². The first-order valence-electron chi connectivity index (χ1n) is 7.82. The number of hydrogen-bond donors (Lipinski definition) is 0. The lowest BCUT2D eigenvalue weighted by molar-refractivity contribution is 0.324. The van der Waals surface area contributed by atoms with Crippen LogP contribution in [-0.4, -0.2) is 39.0 Å². The van der Waals surface area contributed by atoms with Gasteiger partial charge >= 0.3 is 0 Å². The molecule has 1 aliphatic carbocycles. The molecule has 0 aliphatic heterocycles. The molecule has 3 rings (SSSR count). The molecule has 0 bridgehead atoms. The monoisotopic (exact) mass is 332 g/mol. The summed E-state index contributed by atoms with van der Waals surface area (Å²) in [7, 11) is 3.35. The van der Waals surface area contributed by atoms with E-state index < -0.39 is 8.24 Å². The summed E-state index contributed by atoms with van der Waals surface area (Å²) in [5, 5.41) is 4.69. The predicted octanol–water partition coefficient (Wildman–Crippen LogP) is 3.36. The molecule has 5 nitrogen and oxygen atoms in total. The van der Waals surface area contributed by atoms with Gasteiger partial charge < -0.3 is 14.2 Å². The summed E-state index contributed by atoms with van der Waals surface area (Å²) < 4.78 is 19.0. The molecular formula is C17H24N2O3Si. The molecule has 0 fully saturated rings. The zero-order valence-corrected chi connectivity index (χ0v) is 15.7. The van der Waals surface area contributed by atoms with Gasteiger partial charge in [0.05, 0.1) is 33.2 Å². The SMILES string of the molecule is COc1cc2c(c(OC)c1OC)-c1c(cnn1[Si](C)(C)C)CC2. The van der Waals surface area contributed by atoms with Gasteiger partial charge in [-0.3, -0.25) is 4.35 Å². The fourth-order valence-corrected chi connectivity index (χ4v) is 4.60. The lowest BCUT2D eigenvalue weighted by Gasteiger charge is -2.27. The molecule has 2 aromatic rings. The Labute approximate surface area is 138 Å². The normalized spacial score (nSPS) is 13.3. The number of methoxy groups -OCH3 is 3. The van der Waals surface area contributed by atoms with Crippen molar-refractivity contribution in [3.63, 3.8) is 0 Å². The minimum atomic E-state index is -1.64. The van der Waals surface area contributed by atoms with Crippen LogP contribution in [-0.2, 0) is 12.8 Å². The van der Waals surface area contributed by atoms with Crippen LogP contribution >= 0.6 is 0 Å². The molecule has 1 aromatic carbocycles. The quantitative estimate of drug-likeness (QED) is 0.806. The van der Waals surface area contributed by atoms with Crippen molar-refractivity contribution in [1.82, 2.24) is 9.45 Å². The highest BCUT2D eigenvalue weighted by Crippen LogP contribution is 2.49. The molecule has 0 saturated heterocycles. The van der Waals surface area contributed by atoms with Gasteiger partial charge in [0.2, 0.25) is 5.75 Å². The highest BCUT2D eigenvalue weighted by atomic mass is 28.3. The fourth-order valence-electron chi connectivity index (χ4n) is 3.27. The van der Waals surface area contributed by atoms with Crippen LogP contribution in [0.3, 0.4) is 0 Å². The number of aryl methyl sites for hydroxylation is 2. The number of hydrogen-bond acceptors (Lipinski definition) is 4. The maximum Gasteiger partial charge on any atom is 0.203 e. The zero-order valence-electron chi connectivity index (χ0n) is 14.7. The molecule has 23 heavy (non-hydrogen) atoms. The smallest absolute Gasteiger partial charge is 0.203 e. The number of nitrogens with zero attached hydrogens (tertiary/aromatic N) is 2. The maximum atomic E-state index is 5.74. The maximum absolute atomic E-state index is 5.74. The lowest BCUT2D eigenvalue weighted by atomic mass is 9.89. The molecular weight excluding hydrogens is 308 g/mol. The van der Waals surface area contributed by atoms with E-state index >= 15 is 0 Å². The number of aromatic nitrogens is 2. The first-order valence-corrected chi connectivity index (χ1v) is 11.3. The Morgan fingerprint density at radius 3 is 2.17 bits per heavy atom. The summed E-state index contributed by atoms with van der Waals surface area (Å²) in [6.45, 7) is 6.88. The van der Waals surface area contributed by atoms with Gasteiger partial charge in [-0.1, -0.05) is 0 Å². The summed E-state index contributed by atoms with van der Waals surface area (Å²) in [6, 6.07) is 2.07. The fraction of sp³-hybridized carbons (Fsp3) is 0.471. The van der Waals surface area contributed by atoms with Gasteiger partial charge in [0.25, 0.3) is 0 Å². The molecule has 0 unspecified atom stereocenters. The minimum Gasteiger partial charge on any atom is -0.493 e. The Bertz CT molecular complexity index is 747. The molecule has 0 spiro atoms. The van der Waals surface area contributed by atoms with Crippen LogP contribution in [0.15, 0.2) is 12.3 Å². The first-order chi connectivity index (χ1) is 10.9. The second-order valence-corrected chi connectivity index (χ2v) is 11.5. The van der Waals surface area contributed by atoms with Gasteiger partial charge in [0.1, 0.15) is 0 Å². The van der Waals surface area contributed by atoms with Crippen molar-refractivity contribution in [1.29, 1.82) is 0 Å². The molecule has 0 N–H and O–H groups in total. The average Bonchev–Trinajstić information content (AvgIpc) is 2.96. The van der Waals surface area contributed by atoms with Gasteiger partial charge in [-0.15, -0.1) is 0 Å². The molecule has 0 atom stereocenters. The van der Waals surface area contributed by atoms with Gasteiger partial charge in [-0.25, -0.2) is 0 Å². The van der Waals surface area contributed by atoms with Crippen LogP contribution in [0.4, 0.5) is 0 Å². The van der Waals surface area contributed by atoms with Crippen LogP contribution in [0.25, 0.3) is 11.3 Å². The average molecular weight is 332 g/mol. The molecule has 6 heteroatoms. The summed E-state index contributed by atoms with van der Waals surface area (Å²) in [5.74, 6) is 2.10. The van der Waals surface area contributed by atoms with E-state index in [1.165, 1.54) is 16.8 Å². The van der Waals surface area contributed by atoms with Crippen molar-refractivity contribution < 1.29 is 14.2 Å². The number of benzene rings is 1. The van der Waals surface area contributed by atoms with Crippen LogP contribution < -0.4 is 14.2 Å². The Hall–Kier alpha value is -1.95. The van der Waals surface area contributed by atoms with Crippen molar-refractivity contribution in [3.8, 4) is 28.5 Å². The highest BCUT2D eigenvalue weighted by molar-refractivity contribution is 6.74. The van der Waals surface area contributed by atoms with Crippen molar-refractivity contribution in [2.75, 3.05) is 21.3 Å². The lowest BCUT2D eigenvalue weighted by Crippen LogP contribution is -2.34. The van der Waals surface area contributed by atoms with Gasteiger partial charge in [0.15, 0.2) is 19.7 Å². The van der Waals surface area contributed by atoms with Gasteiger partial charge in [0, 0.05) is 5.56 Å². The van der Waals surface area contributed by atoms with Crippen molar-refractivity contribution in [3.05, 3.63) is 23.4 Å². The Balaban J connectivity index is 2.36. The number of rotatable bonds is 4. The van der Waals surface area contributed by atoms with Crippen LogP contribution in [0.2, 0.25) is 19.6 Å². The van der Waals surface area contributed by atoms with Crippen molar-refractivity contribution >= 4 is 8.24 Å². The summed E-state index contributed by atoms with van der Waals surface area (Å²) >= 11 is 0. The second-order valence-electron chi connectivity index (χ2n) is 6.78. The molecule has 124 valence electrons. The minimum absolute atomic E-state index is 0.643. The van der Waals surface area contributed by atoms with Gasteiger partial charge in [-0.05, 0) is 49.7 Å². The largest absolute Gasteiger partial charge is 0.493 e. The van der Waals surface area contributed by atoms with Crippen molar-refractivity contribution in [2.45, 2.75) is 32.5 Å². The van der Waals surface area contributed by atoms with Crippen LogP contribution in [0, 0.1) is 0 Å². The predicted molar refractivity (Wildman–Crippen MR) is 93.5 cm³/mol. The highest BCUT2D eigenvalue weighted by Gasteiger charge is 2.32. The number of fused-ring (bicyclic) bond motifs is 3. The molecule has 0 saturated carbocycles. The molecule has 0 radical (unpaired) electrons. The van der Waals surface area contributed by atoms with E-state index in [1.807, 2.05) is 6.20 Å². The molecule has 1 heterocycles. The molecule has 1 aliphatic rings. The Kier molecular flexibility index (Phi) is 3.88. The van der Waals surface area contributed by atoms with E-state index in [-0.39, 0.29) is 0 Å². The number of ether oxygens (including phenoxy) is 3. The third-order valence-electron chi connectivity index (χ3n) is 4.29. The Morgan fingerprint density at radius 1 is 0.957 bits per heavy atom. The van der Waals surface area contributed by atoms with E-state index in [0.717, 1.165) is 24.2 Å². The summed E-state index contributed by atoms with van der Waals surface area (Å²) in [4.78, 5) is 0. The van der Waals surface area contributed by atoms with E-state index in [0.29, 0.717) is 11.5 Å². The molecule has 1 aromatic heterocycles. The third-order valence-corrected chi connectivity index (χ3v) is 5.90. The van der Waals surface area contributed by atoms with Gasteiger partial charge in [-0.2, -0.15) is 5.10 Å². The van der Waals surface area contributed by atoms with E-state index in [9.17, 15) is 0 Å². The van der Waals surface area contributed by atoms with Crippen LogP contribution in [0.1, 0.15) is 11.1 Å². The first kappa shape index (κ1) is 15.9. The summed E-state index contributed by atoms with van der Waals surface area (Å²) in [6.07, 6.45) is 3.95. The summed E-state index contributed by atoms with van der Waals surface area (Å²) in [5.41, 5.74) is 4.80. The second kappa shape index (κ2) is 5.60. The zero-order chi connectivity index (χ0) is 16.8. The topological polar surface area (TPSA) is 45.5 Å². The molecule has 0 amide bonds. The van der Waals surface area contributed by atoms with E-state index in [4.69, 9.17) is 19.3 Å².